The lowest BCUT2D eigenvalue weighted by molar-refractivity contribution is 0.482. The molecule has 0 saturated carbocycles. The number of hydrogen-bond acceptors (Lipinski definition) is 2. The summed E-state index contributed by atoms with van der Waals surface area (Å²) >= 11 is 1.64. The van der Waals surface area contributed by atoms with Crippen LogP contribution in [0.4, 0.5) is 0 Å². The van der Waals surface area contributed by atoms with Gasteiger partial charge in [-0.15, -0.1) is 0 Å². The van der Waals surface area contributed by atoms with E-state index in [1.165, 1.54) is 6.26 Å². The predicted octanol–water partition coefficient (Wildman–Crippen LogP) is 3.67. The van der Waals surface area contributed by atoms with Crippen LogP contribution in [0.1, 0.15) is 11.1 Å². The summed E-state index contributed by atoms with van der Waals surface area (Å²) in [7, 11) is 0. The minimum absolute atomic E-state index is 0.736. The number of thiophene rings is 1. The lowest BCUT2D eigenvalue weighted by Crippen LogP contribution is -1.85. The summed E-state index contributed by atoms with van der Waals surface area (Å²) in [4.78, 5) is 0. The van der Waals surface area contributed by atoms with Crippen molar-refractivity contribution in [3.8, 4) is 17.6 Å². The summed E-state index contributed by atoms with van der Waals surface area (Å²) in [6.45, 7) is 3.54. The highest BCUT2D eigenvalue weighted by atomic mass is 32.1. The Morgan fingerprint density at radius 3 is 2.81 bits per heavy atom. The van der Waals surface area contributed by atoms with Crippen LogP contribution in [0.3, 0.4) is 0 Å². The number of ether oxygens (including phenoxy) is 1. The van der Waals surface area contributed by atoms with Crippen molar-refractivity contribution >= 4 is 11.3 Å². The van der Waals surface area contributed by atoms with Gasteiger partial charge in [-0.2, -0.15) is 11.3 Å². The van der Waals surface area contributed by atoms with Gasteiger partial charge in [0, 0.05) is 10.9 Å². The van der Waals surface area contributed by atoms with Crippen LogP contribution in [0.5, 0.6) is 5.75 Å². The summed E-state index contributed by atoms with van der Waals surface area (Å²) in [5, 5.41) is 4.03. The Balaban J connectivity index is 2.30. The number of para-hydroxylation sites is 1. The van der Waals surface area contributed by atoms with Gasteiger partial charge in [-0.3, -0.25) is 0 Å². The molecular weight excluding hydrogens is 216 g/mol. The lowest BCUT2D eigenvalue weighted by atomic mass is 10.2. The molecule has 1 aromatic heterocycles. The van der Waals surface area contributed by atoms with Crippen LogP contribution in [-0.4, -0.2) is 0 Å². The van der Waals surface area contributed by atoms with Gasteiger partial charge in [0.15, 0.2) is 0 Å². The molecule has 0 aliphatic rings. The Hall–Kier alpha value is -1.98. The number of rotatable bonds is 2. The third kappa shape index (κ3) is 2.53. The highest BCUT2D eigenvalue weighted by molar-refractivity contribution is 7.08. The second-order valence-electron chi connectivity index (χ2n) is 3.04. The van der Waals surface area contributed by atoms with Gasteiger partial charge in [0.05, 0.1) is 11.8 Å². The topological polar surface area (TPSA) is 9.23 Å². The van der Waals surface area contributed by atoms with Gasteiger partial charge < -0.3 is 4.74 Å². The Labute approximate surface area is 99.0 Å². The molecule has 0 amide bonds. The van der Waals surface area contributed by atoms with Gasteiger partial charge in [0.1, 0.15) is 5.75 Å². The standard InChI is InChI=1S/C14H10OS/c1-2-15-14-6-4-3-5-13(14)8-7-12-9-10-16-11-12/h2-6,9-11H,1H2. The van der Waals surface area contributed by atoms with Crippen molar-refractivity contribution in [1.29, 1.82) is 0 Å². The van der Waals surface area contributed by atoms with Crippen molar-refractivity contribution in [2.75, 3.05) is 0 Å². The van der Waals surface area contributed by atoms with Crippen molar-refractivity contribution in [3.05, 3.63) is 65.1 Å². The SMILES string of the molecule is C=COc1ccccc1C#Cc1ccsc1. The normalized spacial score (nSPS) is 9.00. The summed E-state index contributed by atoms with van der Waals surface area (Å²) in [6, 6.07) is 9.65. The van der Waals surface area contributed by atoms with E-state index < -0.39 is 0 Å². The van der Waals surface area contributed by atoms with Crippen LogP contribution < -0.4 is 4.74 Å². The zero-order chi connectivity index (χ0) is 11.2. The van der Waals surface area contributed by atoms with E-state index in [2.05, 4.69) is 18.4 Å². The number of hydrogen-bond donors (Lipinski definition) is 0. The average Bonchev–Trinajstić information content (AvgIpc) is 2.81. The molecule has 0 aliphatic carbocycles. The van der Waals surface area contributed by atoms with Crippen molar-refractivity contribution in [3.63, 3.8) is 0 Å². The molecule has 0 saturated heterocycles. The third-order valence-corrected chi connectivity index (χ3v) is 2.64. The fourth-order valence-corrected chi connectivity index (χ4v) is 1.83. The van der Waals surface area contributed by atoms with E-state index in [1.807, 2.05) is 41.1 Å². The molecule has 0 aliphatic heterocycles. The van der Waals surface area contributed by atoms with Crippen molar-refractivity contribution in [1.82, 2.24) is 0 Å². The molecule has 78 valence electrons. The highest BCUT2D eigenvalue weighted by Gasteiger charge is 1.97. The van der Waals surface area contributed by atoms with Gasteiger partial charge in [-0.05, 0) is 23.6 Å². The fraction of sp³-hybridized carbons (Fsp3) is 0. The molecule has 0 N–H and O–H groups in total. The first kappa shape index (κ1) is 10.5. The zero-order valence-corrected chi connectivity index (χ0v) is 9.46. The predicted molar refractivity (Wildman–Crippen MR) is 67.6 cm³/mol. The maximum absolute atomic E-state index is 5.27. The summed E-state index contributed by atoms with van der Waals surface area (Å²) in [6.07, 6.45) is 1.41. The van der Waals surface area contributed by atoms with E-state index in [4.69, 9.17) is 4.74 Å². The molecule has 0 spiro atoms. The number of benzene rings is 1. The average molecular weight is 226 g/mol. The quantitative estimate of drug-likeness (QED) is 0.561. The maximum atomic E-state index is 5.27. The molecule has 0 unspecified atom stereocenters. The molecule has 0 fully saturated rings. The zero-order valence-electron chi connectivity index (χ0n) is 8.64. The Bertz CT molecular complexity index is 529. The van der Waals surface area contributed by atoms with E-state index in [-0.39, 0.29) is 0 Å². The van der Waals surface area contributed by atoms with Crippen LogP contribution in [0.15, 0.2) is 53.9 Å². The molecule has 1 heterocycles. The maximum Gasteiger partial charge on any atom is 0.142 e. The minimum Gasteiger partial charge on any atom is -0.464 e. The van der Waals surface area contributed by atoms with Gasteiger partial charge in [-0.1, -0.05) is 30.6 Å². The fourth-order valence-electron chi connectivity index (χ4n) is 1.24. The lowest BCUT2D eigenvalue weighted by Gasteiger charge is -2.01. The smallest absolute Gasteiger partial charge is 0.142 e. The van der Waals surface area contributed by atoms with Gasteiger partial charge in [0.25, 0.3) is 0 Å². The van der Waals surface area contributed by atoms with Crippen LogP contribution in [0, 0.1) is 11.8 Å². The van der Waals surface area contributed by atoms with E-state index in [0.717, 1.165) is 16.9 Å². The molecule has 1 aromatic carbocycles. The Morgan fingerprint density at radius 2 is 2.06 bits per heavy atom. The molecule has 2 aromatic rings. The van der Waals surface area contributed by atoms with Crippen LogP contribution >= 0.6 is 11.3 Å². The molecule has 0 bridgehead atoms. The third-order valence-electron chi connectivity index (χ3n) is 1.96. The molecule has 0 radical (unpaired) electrons. The van der Waals surface area contributed by atoms with Crippen molar-refractivity contribution < 1.29 is 4.74 Å². The second-order valence-corrected chi connectivity index (χ2v) is 3.82. The first-order valence-electron chi connectivity index (χ1n) is 4.81. The summed E-state index contributed by atoms with van der Waals surface area (Å²) in [5.74, 6) is 6.91. The Morgan fingerprint density at radius 1 is 1.19 bits per heavy atom. The second kappa shape index (κ2) is 5.20. The molecule has 0 atom stereocenters. The molecule has 1 nitrogen and oxygen atoms in total. The molecule has 2 rings (SSSR count). The monoisotopic (exact) mass is 226 g/mol. The Kier molecular flexibility index (Phi) is 3.42. The molecule has 16 heavy (non-hydrogen) atoms. The molecular formula is C14H10OS. The highest BCUT2D eigenvalue weighted by Crippen LogP contribution is 2.17. The van der Waals surface area contributed by atoms with E-state index in [0.29, 0.717) is 0 Å². The van der Waals surface area contributed by atoms with E-state index in [1.54, 1.807) is 11.3 Å². The van der Waals surface area contributed by atoms with E-state index >= 15 is 0 Å². The van der Waals surface area contributed by atoms with Crippen molar-refractivity contribution in [2.45, 2.75) is 0 Å². The van der Waals surface area contributed by atoms with Gasteiger partial charge in [0.2, 0.25) is 0 Å². The summed E-state index contributed by atoms with van der Waals surface area (Å²) < 4.78 is 5.27. The van der Waals surface area contributed by atoms with E-state index in [9.17, 15) is 0 Å². The van der Waals surface area contributed by atoms with Gasteiger partial charge >= 0.3 is 0 Å². The minimum atomic E-state index is 0.736. The van der Waals surface area contributed by atoms with Gasteiger partial charge in [-0.25, -0.2) is 0 Å². The first-order chi connectivity index (χ1) is 7.90. The van der Waals surface area contributed by atoms with Crippen molar-refractivity contribution in [2.24, 2.45) is 0 Å². The summed E-state index contributed by atoms with van der Waals surface area (Å²) in [5.41, 5.74) is 1.90. The largest absolute Gasteiger partial charge is 0.464 e. The van der Waals surface area contributed by atoms with Crippen LogP contribution in [0.2, 0.25) is 0 Å². The van der Waals surface area contributed by atoms with Crippen LogP contribution in [0.25, 0.3) is 0 Å². The van der Waals surface area contributed by atoms with Crippen LogP contribution in [-0.2, 0) is 0 Å². The molecule has 2 heteroatoms. The first-order valence-corrected chi connectivity index (χ1v) is 5.75.